The number of anilines is 1. The number of rotatable bonds is 2. The molecule has 8 nitrogen and oxygen atoms in total. The van der Waals surface area contributed by atoms with Gasteiger partial charge in [-0.3, -0.25) is 14.3 Å². The number of allylic oxidation sites excluding steroid dienone is 1. The van der Waals surface area contributed by atoms with Crippen molar-refractivity contribution < 1.29 is 23.3 Å². The fraction of sp³-hybridized carbons (Fsp3) is 0.515. The number of amides is 2. The van der Waals surface area contributed by atoms with Crippen LogP contribution in [0.25, 0.3) is 0 Å². The lowest BCUT2D eigenvalue weighted by atomic mass is 9.68. The zero-order valence-corrected chi connectivity index (χ0v) is 26.4. The summed E-state index contributed by atoms with van der Waals surface area (Å²) >= 11 is 6.41. The van der Waals surface area contributed by atoms with Crippen LogP contribution in [0.2, 0.25) is 5.02 Å². The molecule has 1 spiro atoms. The molecule has 2 aliphatic carbocycles. The predicted molar refractivity (Wildman–Crippen MR) is 169 cm³/mol. The minimum Gasteiger partial charge on any atom is -0.490 e. The topological polar surface area (TPSA) is 97.3 Å². The Kier molecular flexibility index (Phi) is 8.59. The van der Waals surface area contributed by atoms with Gasteiger partial charge in [0.15, 0.2) is 0 Å². The van der Waals surface area contributed by atoms with Gasteiger partial charge in [-0.1, -0.05) is 29.8 Å². The lowest BCUT2D eigenvalue weighted by Crippen LogP contribution is -2.49. The number of nitrogens with one attached hydrogen (secondary N) is 1. The van der Waals surface area contributed by atoms with E-state index in [-0.39, 0.29) is 17.3 Å². The monoisotopic (exact) mass is 625 g/mol. The van der Waals surface area contributed by atoms with Crippen LogP contribution in [0.15, 0.2) is 52.9 Å². The summed E-state index contributed by atoms with van der Waals surface area (Å²) in [6.45, 7) is 3.35. The van der Waals surface area contributed by atoms with Gasteiger partial charge in [-0.15, -0.1) is 4.36 Å². The van der Waals surface area contributed by atoms with E-state index in [4.69, 9.17) is 21.1 Å². The van der Waals surface area contributed by atoms with E-state index < -0.39 is 21.7 Å². The molecule has 10 heteroatoms. The minimum absolute atomic E-state index is 0.0156. The number of carbonyl (C=O) groups excluding carboxylic acids is 2. The van der Waals surface area contributed by atoms with E-state index in [0.29, 0.717) is 36.8 Å². The molecule has 2 aromatic carbocycles. The molecule has 2 aromatic rings. The molecule has 1 saturated carbocycles. The largest absolute Gasteiger partial charge is 0.490 e. The second kappa shape index (κ2) is 12.3. The summed E-state index contributed by atoms with van der Waals surface area (Å²) in [6.07, 6.45) is 10.5. The molecule has 1 N–H and O–H groups in total. The second-order valence-electron chi connectivity index (χ2n) is 12.5. The SMILES string of the molecule is CO[C@H]1/C=C/CCCS(=O)(NC(C)=O)=NC(=O)c2ccc3c(c2)N(C[C@@H]2CC[C@H]21)C[C@@]1(CCCc2cc(Cl)ccc21)CO3. The number of carbonyl (C=O) groups is 2. The van der Waals surface area contributed by atoms with Crippen LogP contribution in [0, 0.1) is 11.8 Å². The van der Waals surface area contributed by atoms with Crippen molar-refractivity contribution in [3.8, 4) is 5.75 Å². The van der Waals surface area contributed by atoms with Crippen LogP contribution in [0.4, 0.5) is 5.69 Å². The molecule has 4 aliphatic rings. The van der Waals surface area contributed by atoms with Crippen molar-refractivity contribution in [1.29, 1.82) is 0 Å². The molecule has 0 aromatic heterocycles. The molecule has 5 atom stereocenters. The van der Waals surface area contributed by atoms with Crippen LogP contribution in [-0.2, 0) is 31.3 Å². The molecule has 1 unspecified atom stereocenters. The van der Waals surface area contributed by atoms with Gasteiger partial charge in [0.05, 0.1) is 24.2 Å². The highest BCUT2D eigenvalue weighted by molar-refractivity contribution is 7.92. The van der Waals surface area contributed by atoms with E-state index >= 15 is 0 Å². The smallest absolute Gasteiger partial charge is 0.286 e. The van der Waals surface area contributed by atoms with Crippen molar-refractivity contribution in [3.63, 3.8) is 0 Å². The van der Waals surface area contributed by atoms with E-state index in [0.717, 1.165) is 61.7 Å². The Balaban J connectivity index is 1.45. The zero-order valence-electron chi connectivity index (χ0n) is 24.9. The Morgan fingerprint density at radius 2 is 2.07 bits per heavy atom. The molecule has 43 heavy (non-hydrogen) atoms. The summed E-state index contributed by atoms with van der Waals surface area (Å²) in [5.41, 5.74) is 3.49. The van der Waals surface area contributed by atoms with Crippen LogP contribution in [-0.4, -0.2) is 54.7 Å². The number of aryl methyl sites for hydroxylation is 1. The molecule has 0 saturated heterocycles. The highest BCUT2D eigenvalue weighted by atomic mass is 35.5. The van der Waals surface area contributed by atoms with Gasteiger partial charge in [0.2, 0.25) is 5.91 Å². The molecule has 230 valence electrons. The van der Waals surface area contributed by atoms with Crippen LogP contribution in [0.3, 0.4) is 0 Å². The molecule has 1 fully saturated rings. The summed E-state index contributed by atoms with van der Waals surface area (Å²) in [7, 11) is -1.53. The third kappa shape index (κ3) is 6.22. The van der Waals surface area contributed by atoms with E-state index in [1.165, 1.54) is 18.1 Å². The van der Waals surface area contributed by atoms with Gasteiger partial charge in [0.25, 0.3) is 5.91 Å². The average Bonchev–Trinajstić information content (AvgIpc) is 3.10. The van der Waals surface area contributed by atoms with Crippen molar-refractivity contribution in [2.45, 2.75) is 63.4 Å². The number of nitrogens with zero attached hydrogens (tertiary/aromatic N) is 2. The van der Waals surface area contributed by atoms with Gasteiger partial charge >= 0.3 is 0 Å². The van der Waals surface area contributed by atoms with Crippen LogP contribution in [0.5, 0.6) is 5.75 Å². The van der Waals surface area contributed by atoms with E-state index in [2.05, 4.69) is 38.3 Å². The highest BCUT2D eigenvalue weighted by Gasteiger charge is 2.44. The van der Waals surface area contributed by atoms with Gasteiger partial charge in [0, 0.05) is 43.1 Å². The Hall–Kier alpha value is -2.88. The molecule has 2 bridgehead atoms. The number of ether oxygens (including phenoxy) is 2. The predicted octanol–water partition coefficient (Wildman–Crippen LogP) is 5.86. The summed E-state index contributed by atoms with van der Waals surface area (Å²) in [5, 5.41) is 0.748. The van der Waals surface area contributed by atoms with E-state index in [1.54, 1.807) is 13.2 Å². The van der Waals surface area contributed by atoms with Gasteiger partial charge in [-0.2, -0.15) is 0 Å². The quantitative estimate of drug-likeness (QED) is 0.420. The lowest BCUT2D eigenvalue weighted by molar-refractivity contribution is -0.117. The summed E-state index contributed by atoms with van der Waals surface area (Å²) in [6, 6.07) is 11.6. The molecule has 2 heterocycles. The van der Waals surface area contributed by atoms with Gasteiger partial charge in [-0.25, -0.2) is 4.21 Å². The van der Waals surface area contributed by atoms with Crippen molar-refractivity contribution in [2.75, 3.05) is 37.5 Å². The summed E-state index contributed by atoms with van der Waals surface area (Å²) < 4.78 is 32.7. The van der Waals surface area contributed by atoms with E-state index in [1.807, 2.05) is 18.2 Å². The normalized spacial score (nSPS) is 31.4. The molecule has 2 amide bonds. The number of hydrogen-bond donors (Lipinski definition) is 1. The zero-order chi connectivity index (χ0) is 30.2. The molecular weight excluding hydrogens is 586 g/mol. The first kappa shape index (κ1) is 30.2. The Morgan fingerprint density at radius 1 is 1.21 bits per heavy atom. The number of fused-ring (bicyclic) bond motifs is 4. The van der Waals surface area contributed by atoms with Crippen molar-refractivity contribution in [1.82, 2.24) is 4.72 Å². The molecule has 6 rings (SSSR count). The third-order valence-electron chi connectivity index (χ3n) is 9.56. The number of hydrogen-bond acceptors (Lipinski definition) is 6. The maximum atomic E-state index is 13.6. The van der Waals surface area contributed by atoms with Gasteiger partial charge in [0.1, 0.15) is 15.7 Å². The van der Waals surface area contributed by atoms with Gasteiger partial charge < -0.3 is 14.4 Å². The number of benzene rings is 2. The van der Waals surface area contributed by atoms with Crippen LogP contribution in [0.1, 0.15) is 66.9 Å². The van der Waals surface area contributed by atoms with Crippen molar-refractivity contribution in [3.05, 3.63) is 70.3 Å². The maximum absolute atomic E-state index is 13.6. The van der Waals surface area contributed by atoms with Crippen LogP contribution < -0.4 is 14.4 Å². The van der Waals surface area contributed by atoms with E-state index in [9.17, 15) is 13.8 Å². The fourth-order valence-corrected chi connectivity index (χ4v) is 9.15. The Labute approximate surface area is 259 Å². The van der Waals surface area contributed by atoms with Crippen LogP contribution >= 0.6 is 11.6 Å². The molecule has 2 aliphatic heterocycles. The summed E-state index contributed by atoms with van der Waals surface area (Å²) in [5.74, 6) is 0.500. The first-order valence-electron chi connectivity index (χ1n) is 15.3. The Bertz CT molecular complexity index is 1570. The third-order valence-corrected chi connectivity index (χ3v) is 11.7. The Morgan fingerprint density at radius 3 is 2.84 bits per heavy atom. The highest BCUT2D eigenvalue weighted by Crippen LogP contribution is 2.47. The maximum Gasteiger partial charge on any atom is 0.286 e. The minimum atomic E-state index is -3.29. The molecular formula is C33H40ClN3O5S. The van der Waals surface area contributed by atoms with Crippen molar-refractivity contribution in [2.24, 2.45) is 16.2 Å². The first-order valence-corrected chi connectivity index (χ1v) is 17.3. The number of methoxy groups -OCH3 is 1. The summed E-state index contributed by atoms with van der Waals surface area (Å²) in [4.78, 5) is 27.8. The standard InChI is InChI=1S/C33H40ClN3O5S/c1-22(38)35-43(40)16-5-3-4-8-30(41-2)27-12-9-25(27)19-37-20-33(15-6-7-23-17-26(34)11-13-28(23)33)21-42-31-14-10-24(18-29(31)37)32(39)36-43/h4,8,10-11,13-14,17-18,25,27,30H,3,5-7,9,12,15-16,19-21H2,1-2H3,(H,35,36,38,39,40)/b8-4+/t25-,27+,30-,33-,43?/m0/s1. The number of halogens is 1. The first-order chi connectivity index (χ1) is 20.7. The molecule has 0 radical (unpaired) electrons. The van der Waals surface area contributed by atoms with Gasteiger partial charge in [-0.05, 0) is 98.2 Å². The lowest BCUT2D eigenvalue weighted by Gasteiger charge is -2.46. The fourth-order valence-electron chi connectivity index (χ4n) is 7.34. The average molecular weight is 626 g/mol. The second-order valence-corrected chi connectivity index (χ2v) is 15.0. The van der Waals surface area contributed by atoms with Crippen molar-refractivity contribution >= 4 is 39.0 Å².